The molecule has 0 spiro atoms. The van der Waals surface area contributed by atoms with Crippen LogP contribution in [0.3, 0.4) is 0 Å². The zero-order valence-corrected chi connectivity index (χ0v) is 11.5. The summed E-state index contributed by atoms with van der Waals surface area (Å²) in [6.07, 6.45) is 1.50. The first-order chi connectivity index (χ1) is 10.3. The van der Waals surface area contributed by atoms with Gasteiger partial charge < -0.3 is 19.5 Å². The number of anilines is 1. The SMILES string of the molecule is COC(=O)c1ccc(CNc2ccc3c(c2)OCO3)nc1. The number of fused-ring (bicyclic) bond motifs is 1. The van der Waals surface area contributed by atoms with Gasteiger partial charge in [-0.2, -0.15) is 0 Å². The molecule has 0 bridgehead atoms. The predicted molar refractivity (Wildman–Crippen MR) is 75.5 cm³/mol. The monoisotopic (exact) mass is 286 g/mol. The first-order valence-electron chi connectivity index (χ1n) is 6.43. The van der Waals surface area contributed by atoms with Gasteiger partial charge in [-0.3, -0.25) is 4.98 Å². The van der Waals surface area contributed by atoms with Crippen molar-refractivity contribution >= 4 is 11.7 Å². The van der Waals surface area contributed by atoms with E-state index in [9.17, 15) is 4.79 Å². The van der Waals surface area contributed by atoms with Crippen molar-refractivity contribution in [2.45, 2.75) is 6.54 Å². The average molecular weight is 286 g/mol. The number of nitrogens with zero attached hydrogens (tertiary/aromatic N) is 1. The molecule has 3 rings (SSSR count). The molecule has 21 heavy (non-hydrogen) atoms. The van der Waals surface area contributed by atoms with Crippen molar-refractivity contribution in [2.24, 2.45) is 0 Å². The lowest BCUT2D eigenvalue weighted by molar-refractivity contribution is 0.0600. The minimum Gasteiger partial charge on any atom is -0.465 e. The highest BCUT2D eigenvalue weighted by Gasteiger charge is 2.13. The molecular weight excluding hydrogens is 272 g/mol. The number of methoxy groups -OCH3 is 1. The predicted octanol–water partition coefficient (Wildman–Crippen LogP) is 2.21. The molecule has 0 radical (unpaired) electrons. The first-order valence-corrected chi connectivity index (χ1v) is 6.43. The molecule has 108 valence electrons. The van der Waals surface area contributed by atoms with Gasteiger partial charge in [0.1, 0.15) is 0 Å². The van der Waals surface area contributed by atoms with Crippen molar-refractivity contribution in [1.29, 1.82) is 0 Å². The number of pyridine rings is 1. The van der Waals surface area contributed by atoms with Crippen LogP contribution in [0.25, 0.3) is 0 Å². The van der Waals surface area contributed by atoms with E-state index in [-0.39, 0.29) is 6.79 Å². The molecule has 0 amide bonds. The van der Waals surface area contributed by atoms with Crippen molar-refractivity contribution in [3.8, 4) is 11.5 Å². The number of aromatic nitrogens is 1. The van der Waals surface area contributed by atoms with Gasteiger partial charge in [-0.15, -0.1) is 0 Å². The summed E-state index contributed by atoms with van der Waals surface area (Å²) in [6, 6.07) is 9.13. The molecule has 1 aliphatic heterocycles. The van der Waals surface area contributed by atoms with E-state index in [1.165, 1.54) is 13.3 Å². The van der Waals surface area contributed by atoms with Crippen LogP contribution < -0.4 is 14.8 Å². The summed E-state index contributed by atoms with van der Waals surface area (Å²) in [5.41, 5.74) is 2.17. The van der Waals surface area contributed by atoms with Crippen molar-refractivity contribution in [2.75, 3.05) is 19.2 Å². The second-order valence-corrected chi connectivity index (χ2v) is 4.45. The van der Waals surface area contributed by atoms with Gasteiger partial charge in [0, 0.05) is 18.0 Å². The lowest BCUT2D eigenvalue weighted by Gasteiger charge is -2.07. The Bertz CT molecular complexity index is 655. The molecule has 0 saturated heterocycles. The molecule has 1 aromatic heterocycles. The zero-order valence-electron chi connectivity index (χ0n) is 11.5. The molecule has 6 heteroatoms. The second kappa shape index (κ2) is 5.70. The molecule has 0 aliphatic carbocycles. The van der Waals surface area contributed by atoms with Gasteiger partial charge in [0.2, 0.25) is 6.79 Å². The number of hydrogen-bond donors (Lipinski definition) is 1. The number of hydrogen-bond acceptors (Lipinski definition) is 6. The summed E-state index contributed by atoms with van der Waals surface area (Å²) in [5, 5.41) is 3.24. The molecule has 0 unspecified atom stereocenters. The van der Waals surface area contributed by atoms with Gasteiger partial charge in [0.25, 0.3) is 0 Å². The maximum Gasteiger partial charge on any atom is 0.339 e. The molecule has 0 saturated carbocycles. The van der Waals surface area contributed by atoms with E-state index in [2.05, 4.69) is 15.0 Å². The molecule has 0 fully saturated rings. The molecule has 1 aliphatic rings. The highest BCUT2D eigenvalue weighted by Crippen LogP contribution is 2.34. The van der Waals surface area contributed by atoms with Gasteiger partial charge in [0.15, 0.2) is 11.5 Å². The van der Waals surface area contributed by atoms with E-state index in [1.807, 2.05) is 18.2 Å². The molecule has 1 aromatic carbocycles. The maximum atomic E-state index is 11.3. The van der Waals surface area contributed by atoms with Crippen LogP contribution in [0.2, 0.25) is 0 Å². The number of carbonyl (C=O) groups is 1. The average Bonchev–Trinajstić information content (AvgIpc) is 3.00. The summed E-state index contributed by atoms with van der Waals surface area (Å²) >= 11 is 0. The third kappa shape index (κ3) is 2.89. The summed E-state index contributed by atoms with van der Waals surface area (Å²) in [7, 11) is 1.34. The van der Waals surface area contributed by atoms with Crippen LogP contribution in [0.15, 0.2) is 36.5 Å². The fourth-order valence-electron chi connectivity index (χ4n) is 1.97. The lowest BCUT2D eigenvalue weighted by atomic mass is 10.2. The highest BCUT2D eigenvalue weighted by atomic mass is 16.7. The summed E-state index contributed by atoms with van der Waals surface area (Å²) < 4.78 is 15.2. The quantitative estimate of drug-likeness (QED) is 0.869. The molecule has 6 nitrogen and oxygen atoms in total. The number of carbonyl (C=O) groups excluding carboxylic acids is 1. The van der Waals surface area contributed by atoms with Crippen LogP contribution in [0.5, 0.6) is 11.5 Å². The normalized spacial score (nSPS) is 12.0. The first kappa shape index (κ1) is 13.2. The Morgan fingerprint density at radius 3 is 2.90 bits per heavy atom. The molecule has 0 atom stereocenters. The fourth-order valence-corrected chi connectivity index (χ4v) is 1.97. The van der Waals surface area contributed by atoms with Gasteiger partial charge >= 0.3 is 5.97 Å². The van der Waals surface area contributed by atoms with Crippen molar-refractivity contribution in [3.05, 3.63) is 47.8 Å². The maximum absolute atomic E-state index is 11.3. The van der Waals surface area contributed by atoms with Crippen LogP contribution in [0.1, 0.15) is 16.1 Å². The van der Waals surface area contributed by atoms with Crippen molar-refractivity contribution < 1.29 is 19.0 Å². The third-order valence-corrected chi connectivity index (χ3v) is 3.09. The Hall–Kier alpha value is -2.76. The van der Waals surface area contributed by atoms with Crippen LogP contribution in [0.4, 0.5) is 5.69 Å². The minimum atomic E-state index is -0.391. The van der Waals surface area contributed by atoms with Crippen LogP contribution >= 0.6 is 0 Å². The Morgan fingerprint density at radius 1 is 1.29 bits per heavy atom. The Labute approximate surface area is 121 Å². The Morgan fingerprint density at radius 2 is 2.14 bits per heavy atom. The number of ether oxygens (including phenoxy) is 3. The van der Waals surface area contributed by atoms with Gasteiger partial charge in [-0.25, -0.2) is 4.79 Å². The van der Waals surface area contributed by atoms with E-state index < -0.39 is 5.97 Å². The van der Waals surface area contributed by atoms with E-state index in [4.69, 9.17) is 9.47 Å². The number of benzene rings is 1. The van der Waals surface area contributed by atoms with Crippen LogP contribution in [-0.4, -0.2) is 24.9 Å². The van der Waals surface area contributed by atoms with E-state index in [0.717, 1.165) is 22.9 Å². The lowest BCUT2D eigenvalue weighted by Crippen LogP contribution is -2.05. The fraction of sp³-hybridized carbons (Fsp3) is 0.200. The molecule has 2 heterocycles. The summed E-state index contributed by atoms with van der Waals surface area (Å²) in [4.78, 5) is 15.5. The molecular formula is C15H14N2O4. The van der Waals surface area contributed by atoms with Gasteiger partial charge in [-0.05, 0) is 24.3 Å². The van der Waals surface area contributed by atoms with Crippen LogP contribution in [-0.2, 0) is 11.3 Å². The Balaban J connectivity index is 1.63. The van der Waals surface area contributed by atoms with E-state index >= 15 is 0 Å². The van der Waals surface area contributed by atoms with E-state index in [0.29, 0.717) is 12.1 Å². The topological polar surface area (TPSA) is 69.7 Å². The van der Waals surface area contributed by atoms with Crippen molar-refractivity contribution in [1.82, 2.24) is 4.98 Å². The van der Waals surface area contributed by atoms with Gasteiger partial charge in [0.05, 0.1) is 24.9 Å². The van der Waals surface area contributed by atoms with Gasteiger partial charge in [-0.1, -0.05) is 0 Å². The smallest absolute Gasteiger partial charge is 0.339 e. The largest absolute Gasteiger partial charge is 0.465 e. The summed E-state index contributed by atoms with van der Waals surface area (Å²) in [5.74, 6) is 1.09. The zero-order chi connectivity index (χ0) is 14.7. The molecule has 1 N–H and O–H groups in total. The number of rotatable bonds is 4. The number of esters is 1. The standard InChI is InChI=1S/C15H14N2O4/c1-19-15(18)10-2-3-12(16-7-10)8-17-11-4-5-13-14(6-11)21-9-20-13/h2-7,17H,8-9H2,1H3. The summed E-state index contributed by atoms with van der Waals surface area (Å²) in [6.45, 7) is 0.802. The highest BCUT2D eigenvalue weighted by molar-refractivity contribution is 5.88. The second-order valence-electron chi connectivity index (χ2n) is 4.45. The number of nitrogens with one attached hydrogen (secondary N) is 1. The Kier molecular flexibility index (Phi) is 3.59. The minimum absolute atomic E-state index is 0.259. The van der Waals surface area contributed by atoms with Crippen molar-refractivity contribution in [3.63, 3.8) is 0 Å². The molecule has 2 aromatic rings. The third-order valence-electron chi connectivity index (χ3n) is 3.09. The van der Waals surface area contributed by atoms with Crippen LogP contribution in [0, 0.1) is 0 Å². The van der Waals surface area contributed by atoms with E-state index in [1.54, 1.807) is 12.1 Å².